The molecule has 0 fully saturated rings. The first-order valence-electron chi connectivity index (χ1n) is 6.78. The molecule has 8 heteroatoms. The van der Waals surface area contributed by atoms with Crippen LogP contribution in [0.4, 0.5) is 5.69 Å². The van der Waals surface area contributed by atoms with Crippen LogP contribution >= 0.6 is 46.4 Å². The first-order valence-corrected chi connectivity index (χ1v) is 8.29. The van der Waals surface area contributed by atoms with Crippen LogP contribution in [0.1, 0.15) is 12.0 Å². The van der Waals surface area contributed by atoms with E-state index in [-0.39, 0.29) is 18.9 Å². The van der Waals surface area contributed by atoms with Crippen molar-refractivity contribution in [1.82, 2.24) is 0 Å². The number of amides is 1. The summed E-state index contributed by atoms with van der Waals surface area (Å²) in [5.41, 5.74) is 1.38. The molecule has 0 radical (unpaired) electrons. The number of carbonyl (C=O) groups is 1. The van der Waals surface area contributed by atoms with Gasteiger partial charge in [-0.1, -0.05) is 57.6 Å². The highest BCUT2D eigenvalue weighted by molar-refractivity contribution is 6.42. The minimum absolute atomic E-state index is 0.0572. The lowest BCUT2D eigenvalue weighted by Gasteiger charge is -2.04. The first kappa shape index (κ1) is 18.9. The van der Waals surface area contributed by atoms with E-state index in [1.165, 1.54) is 6.21 Å². The second-order valence-corrected chi connectivity index (χ2v) is 6.32. The third-order valence-electron chi connectivity index (χ3n) is 2.84. The Labute approximate surface area is 159 Å². The normalized spacial score (nSPS) is 10.8. The van der Waals surface area contributed by atoms with Crippen molar-refractivity contribution in [2.24, 2.45) is 5.16 Å². The molecule has 0 atom stereocenters. The number of carbonyl (C=O) groups excluding carboxylic acids is 1. The Bertz CT molecular complexity index is 766. The summed E-state index contributed by atoms with van der Waals surface area (Å²) in [4.78, 5) is 16.9. The minimum Gasteiger partial charge on any atom is -0.391 e. The van der Waals surface area contributed by atoms with Gasteiger partial charge in [-0.15, -0.1) is 0 Å². The lowest BCUT2D eigenvalue weighted by molar-refractivity contribution is -0.115. The number of hydrogen-bond donors (Lipinski definition) is 1. The van der Waals surface area contributed by atoms with Crippen molar-refractivity contribution in [3.05, 3.63) is 62.1 Å². The Kier molecular flexibility index (Phi) is 7.18. The molecule has 24 heavy (non-hydrogen) atoms. The summed E-state index contributed by atoms with van der Waals surface area (Å²) in [7, 11) is 0. The molecule has 1 N–H and O–H groups in total. The summed E-state index contributed by atoms with van der Waals surface area (Å²) in [6.45, 7) is 0.224. The molecule has 0 bridgehead atoms. The lowest BCUT2D eigenvalue weighted by atomic mass is 10.2. The van der Waals surface area contributed by atoms with Crippen LogP contribution < -0.4 is 5.32 Å². The van der Waals surface area contributed by atoms with Crippen LogP contribution in [0, 0.1) is 0 Å². The predicted octanol–water partition coefficient (Wildman–Crippen LogP) is 5.83. The number of rotatable bonds is 6. The summed E-state index contributed by atoms with van der Waals surface area (Å²) in [5.74, 6) is -0.254. The number of oxime groups is 1. The molecule has 0 aliphatic carbocycles. The van der Waals surface area contributed by atoms with E-state index in [9.17, 15) is 4.79 Å². The van der Waals surface area contributed by atoms with Gasteiger partial charge in [0.1, 0.15) is 6.61 Å². The monoisotopic (exact) mass is 404 g/mol. The minimum atomic E-state index is -0.254. The summed E-state index contributed by atoms with van der Waals surface area (Å²) >= 11 is 23.4. The smallest absolute Gasteiger partial charge is 0.229 e. The second-order valence-electron chi connectivity index (χ2n) is 4.69. The van der Waals surface area contributed by atoms with E-state index in [0.717, 1.165) is 5.56 Å². The van der Waals surface area contributed by atoms with Gasteiger partial charge in [-0.25, -0.2) is 0 Å². The molecule has 126 valence electrons. The summed E-state index contributed by atoms with van der Waals surface area (Å²) < 4.78 is 0. The Morgan fingerprint density at radius 2 is 1.67 bits per heavy atom. The molecule has 1 amide bonds. The van der Waals surface area contributed by atoms with Gasteiger partial charge in [-0.2, -0.15) is 0 Å². The highest BCUT2D eigenvalue weighted by atomic mass is 35.5. The SMILES string of the molecule is O=C(CC=NOCc1ccc(Cl)c(Cl)c1)Nc1ccc(Cl)c(Cl)c1. The second kappa shape index (κ2) is 9.14. The molecule has 0 unspecified atom stereocenters. The van der Waals surface area contributed by atoms with Gasteiger partial charge < -0.3 is 10.2 Å². The molecule has 0 aliphatic heterocycles. The van der Waals surface area contributed by atoms with Crippen LogP contribution in [0.5, 0.6) is 0 Å². The van der Waals surface area contributed by atoms with E-state index in [0.29, 0.717) is 25.8 Å². The molecule has 0 aliphatic rings. The molecule has 4 nitrogen and oxygen atoms in total. The van der Waals surface area contributed by atoms with Gasteiger partial charge in [0.15, 0.2) is 0 Å². The van der Waals surface area contributed by atoms with Gasteiger partial charge in [-0.3, -0.25) is 4.79 Å². The molecule has 2 aromatic rings. The maximum absolute atomic E-state index is 11.8. The third kappa shape index (κ3) is 5.87. The zero-order valence-corrected chi connectivity index (χ0v) is 15.3. The zero-order valence-electron chi connectivity index (χ0n) is 12.2. The van der Waals surface area contributed by atoms with Crippen LogP contribution in [0.3, 0.4) is 0 Å². The topological polar surface area (TPSA) is 50.7 Å². The molecule has 0 saturated carbocycles. The van der Waals surface area contributed by atoms with E-state index in [1.54, 1.807) is 36.4 Å². The maximum atomic E-state index is 11.8. The van der Waals surface area contributed by atoms with Crippen molar-refractivity contribution >= 4 is 64.2 Å². The number of hydrogen-bond acceptors (Lipinski definition) is 3. The summed E-state index contributed by atoms with van der Waals surface area (Å²) in [5, 5.41) is 8.11. The number of halogens is 4. The zero-order chi connectivity index (χ0) is 17.5. The summed E-state index contributed by atoms with van der Waals surface area (Å²) in [6, 6.07) is 9.98. The highest BCUT2D eigenvalue weighted by Gasteiger charge is 2.04. The quantitative estimate of drug-likeness (QED) is 0.485. The predicted molar refractivity (Wildman–Crippen MR) is 99.5 cm³/mol. The van der Waals surface area contributed by atoms with Crippen LogP contribution in [-0.4, -0.2) is 12.1 Å². The maximum Gasteiger partial charge on any atom is 0.229 e. The molecule has 0 heterocycles. The van der Waals surface area contributed by atoms with Crippen molar-refractivity contribution in [1.29, 1.82) is 0 Å². The molecule has 0 aromatic heterocycles. The molecular weight excluding hydrogens is 394 g/mol. The largest absolute Gasteiger partial charge is 0.391 e. The fourth-order valence-electron chi connectivity index (χ4n) is 1.70. The number of benzene rings is 2. The Morgan fingerprint density at radius 3 is 2.33 bits per heavy atom. The van der Waals surface area contributed by atoms with Gasteiger partial charge in [0.2, 0.25) is 5.91 Å². The average molecular weight is 406 g/mol. The molecular formula is C16H12Cl4N2O2. The van der Waals surface area contributed by atoms with Gasteiger partial charge >= 0.3 is 0 Å². The fourth-order valence-corrected chi connectivity index (χ4v) is 2.32. The van der Waals surface area contributed by atoms with E-state index >= 15 is 0 Å². The Balaban J connectivity index is 1.75. The van der Waals surface area contributed by atoms with Crippen LogP contribution in [0.25, 0.3) is 0 Å². The molecule has 0 spiro atoms. The van der Waals surface area contributed by atoms with Gasteiger partial charge in [0.05, 0.1) is 32.7 Å². The van der Waals surface area contributed by atoms with Crippen LogP contribution in [0.2, 0.25) is 20.1 Å². The van der Waals surface area contributed by atoms with E-state index in [2.05, 4.69) is 10.5 Å². The van der Waals surface area contributed by atoms with Gasteiger partial charge in [0.25, 0.3) is 0 Å². The highest BCUT2D eigenvalue weighted by Crippen LogP contribution is 2.25. The average Bonchev–Trinajstić information content (AvgIpc) is 2.54. The Morgan fingerprint density at radius 1 is 1.00 bits per heavy atom. The molecule has 0 saturated heterocycles. The van der Waals surface area contributed by atoms with Crippen molar-refractivity contribution < 1.29 is 9.63 Å². The lowest BCUT2D eigenvalue weighted by Crippen LogP contribution is -2.11. The molecule has 2 aromatic carbocycles. The van der Waals surface area contributed by atoms with Crippen molar-refractivity contribution in [2.75, 3.05) is 5.32 Å². The van der Waals surface area contributed by atoms with E-state index in [1.807, 2.05) is 0 Å². The summed E-state index contributed by atoms with van der Waals surface area (Å²) in [6.07, 6.45) is 1.42. The molecule has 2 rings (SSSR count). The van der Waals surface area contributed by atoms with Gasteiger partial charge in [-0.05, 0) is 35.9 Å². The number of nitrogens with one attached hydrogen (secondary N) is 1. The standard InChI is InChI=1S/C16H12Cl4N2O2/c17-12-3-1-10(7-14(12)19)9-24-21-6-5-16(23)22-11-2-4-13(18)15(20)8-11/h1-4,6-8H,5,9H2,(H,22,23). The van der Waals surface area contributed by atoms with Crippen molar-refractivity contribution in [2.45, 2.75) is 13.0 Å². The van der Waals surface area contributed by atoms with E-state index in [4.69, 9.17) is 51.2 Å². The van der Waals surface area contributed by atoms with Crippen molar-refractivity contribution in [3.63, 3.8) is 0 Å². The van der Waals surface area contributed by atoms with Crippen LogP contribution in [-0.2, 0) is 16.2 Å². The van der Waals surface area contributed by atoms with Crippen LogP contribution in [0.15, 0.2) is 41.6 Å². The Hall–Kier alpha value is -1.46. The fraction of sp³-hybridized carbons (Fsp3) is 0.125. The van der Waals surface area contributed by atoms with E-state index < -0.39 is 0 Å². The number of anilines is 1. The van der Waals surface area contributed by atoms with Crippen molar-refractivity contribution in [3.8, 4) is 0 Å². The third-order valence-corrected chi connectivity index (χ3v) is 4.32. The van der Waals surface area contributed by atoms with Gasteiger partial charge in [0, 0.05) is 5.69 Å². The first-order chi connectivity index (χ1) is 11.5. The number of nitrogens with zero attached hydrogens (tertiary/aromatic N) is 1.